The Balaban J connectivity index is 2.11. The minimum absolute atomic E-state index is 0.150. The molecule has 0 amide bonds. The lowest BCUT2D eigenvalue weighted by molar-refractivity contribution is 0.439. The summed E-state index contributed by atoms with van der Waals surface area (Å²) in [6, 6.07) is 8.64. The molecule has 0 spiro atoms. The maximum atomic E-state index is 14.0. The van der Waals surface area contributed by atoms with Crippen LogP contribution in [0.5, 0.6) is 11.5 Å². The second kappa shape index (κ2) is 7.51. The molecule has 0 aliphatic carbocycles. The number of hydrogen-bond donors (Lipinski definition) is 1. The summed E-state index contributed by atoms with van der Waals surface area (Å²) in [6.07, 6.45) is 2.24. The van der Waals surface area contributed by atoms with Crippen molar-refractivity contribution in [1.82, 2.24) is 4.98 Å². The Morgan fingerprint density at radius 3 is 2.36 bits per heavy atom. The van der Waals surface area contributed by atoms with Gasteiger partial charge in [-0.25, -0.2) is 22.2 Å². The highest BCUT2D eigenvalue weighted by molar-refractivity contribution is 7.92. The summed E-state index contributed by atoms with van der Waals surface area (Å²) in [5.74, 6) is -2.38. The van der Waals surface area contributed by atoms with Crippen LogP contribution in [0.15, 0.2) is 48.7 Å². The third-order valence-electron chi connectivity index (χ3n) is 3.72. The molecule has 3 aromatic rings. The number of nitrogens with one attached hydrogen (secondary N) is 1. The van der Waals surface area contributed by atoms with Crippen molar-refractivity contribution < 1.29 is 26.3 Å². The topological polar surface area (TPSA) is 68.3 Å². The Labute approximate surface area is 159 Å². The molecule has 0 saturated carbocycles. The lowest BCUT2D eigenvalue weighted by Crippen LogP contribution is -2.09. The summed E-state index contributed by atoms with van der Waals surface area (Å²) in [4.78, 5) is 3.65. The molecule has 1 heterocycles. The van der Waals surface area contributed by atoms with E-state index in [4.69, 9.17) is 4.74 Å². The lowest BCUT2D eigenvalue weighted by Gasteiger charge is -2.14. The van der Waals surface area contributed by atoms with Crippen molar-refractivity contribution in [2.45, 2.75) is 6.92 Å². The molecule has 0 radical (unpaired) electrons. The van der Waals surface area contributed by atoms with Gasteiger partial charge < -0.3 is 4.74 Å². The van der Waals surface area contributed by atoms with Gasteiger partial charge in [0.2, 0.25) is 16.0 Å². The van der Waals surface area contributed by atoms with Gasteiger partial charge in [-0.15, -0.1) is 0 Å². The molecule has 1 aromatic heterocycles. The number of anilines is 1. The van der Waals surface area contributed by atoms with E-state index < -0.39 is 27.6 Å². The fourth-order valence-corrected chi connectivity index (χ4v) is 3.06. The zero-order valence-electron chi connectivity index (χ0n) is 14.8. The molecule has 1 N–H and O–H groups in total. The van der Waals surface area contributed by atoms with Gasteiger partial charge in [0.1, 0.15) is 11.6 Å². The molecule has 0 saturated heterocycles. The summed E-state index contributed by atoms with van der Waals surface area (Å²) in [7, 11) is -3.54. The van der Waals surface area contributed by atoms with E-state index in [-0.39, 0.29) is 22.7 Å². The molecular weight excluding hydrogens is 393 g/mol. The predicted molar refractivity (Wildman–Crippen MR) is 99.3 cm³/mol. The van der Waals surface area contributed by atoms with Gasteiger partial charge in [0.15, 0.2) is 11.6 Å². The average Bonchev–Trinajstić information content (AvgIpc) is 2.59. The number of pyridine rings is 1. The number of benzene rings is 2. The number of hydrogen-bond acceptors (Lipinski definition) is 4. The van der Waals surface area contributed by atoms with Crippen LogP contribution in [0.25, 0.3) is 11.1 Å². The summed E-state index contributed by atoms with van der Waals surface area (Å²) in [5, 5.41) is 0. The SMILES string of the molecule is Cc1cc(-c2cc(NS(C)(=O)=O)ccc2Oc2ccc(F)cc2F)cnc1F. The minimum Gasteiger partial charge on any atom is -0.454 e. The second-order valence-corrected chi connectivity index (χ2v) is 7.84. The van der Waals surface area contributed by atoms with Gasteiger partial charge in [0.05, 0.1) is 6.26 Å². The Bertz CT molecular complexity index is 1150. The largest absolute Gasteiger partial charge is 0.454 e. The van der Waals surface area contributed by atoms with E-state index in [0.29, 0.717) is 17.2 Å². The molecule has 0 aliphatic heterocycles. The number of rotatable bonds is 5. The van der Waals surface area contributed by atoms with Crippen molar-refractivity contribution >= 4 is 15.7 Å². The number of halogens is 3. The maximum absolute atomic E-state index is 14.0. The van der Waals surface area contributed by atoms with Gasteiger partial charge in [-0.05, 0) is 43.3 Å². The lowest BCUT2D eigenvalue weighted by atomic mass is 10.0. The van der Waals surface area contributed by atoms with Crippen LogP contribution in [0, 0.1) is 24.5 Å². The highest BCUT2D eigenvalue weighted by Crippen LogP contribution is 2.37. The van der Waals surface area contributed by atoms with E-state index in [9.17, 15) is 21.6 Å². The monoisotopic (exact) mass is 408 g/mol. The van der Waals surface area contributed by atoms with Crippen LogP contribution in [0.2, 0.25) is 0 Å². The molecule has 28 heavy (non-hydrogen) atoms. The molecule has 0 fully saturated rings. The zero-order chi connectivity index (χ0) is 20.5. The Hall–Kier alpha value is -3.07. The van der Waals surface area contributed by atoms with Crippen LogP contribution in [0.3, 0.4) is 0 Å². The van der Waals surface area contributed by atoms with Gasteiger partial charge in [0.25, 0.3) is 0 Å². The molecule has 2 aromatic carbocycles. The summed E-state index contributed by atoms with van der Waals surface area (Å²) in [5.41, 5.74) is 1.26. The van der Waals surface area contributed by atoms with Gasteiger partial charge in [-0.1, -0.05) is 0 Å². The van der Waals surface area contributed by atoms with Crippen molar-refractivity contribution in [3.8, 4) is 22.6 Å². The van der Waals surface area contributed by atoms with E-state index >= 15 is 0 Å². The van der Waals surface area contributed by atoms with E-state index in [1.807, 2.05) is 0 Å². The highest BCUT2D eigenvalue weighted by atomic mass is 32.2. The van der Waals surface area contributed by atoms with Gasteiger partial charge in [-0.2, -0.15) is 4.39 Å². The Morgan fingerprint density at radius 1 is 1.00 bits per heavy atom. The van der Waals surface area contributed by atoms with E-state index in [1.165, 1.54) is 37.4 Å². The normalized spacial score (nSPS) is 11.3. The highest BCUT2D eigenvalue weighted by Gasteiger charge is 2.15. The molecule has 9 heteroatoms. The van der Waals surface area contributed by atoms with E-state index in [2.05, 4.69) is 9.71 Å². The quantitative estimate of drug-likeness (QED) is 0.625. The summed E-state index contributed by atoms with van der Waals surface area (Å²) in [6.45, 7) is 1.52. The number of aryl methyl sites for hydroxylation is 1. The first-order valence-electron chi connectivity index (χ1n) is 7.99. The Morgan fingerprint density at radius 2 is 1.71 bits per heavy atom. The van der Waals surface area contributed by atoms with Crippen LogP contribution >= 0.6 is 0 Å². The number of aromatic nitrogens is 1. The number of sulfonamides is 1. The molecule has 0 aliphatic rings. The predicted octanol–water partition coefficient (Wildman–Crippen LogP) is 4.64. The van der Waals surface area contributed by atoms with Gasteiger partial charge in [-0.3, -0.25) is 4.72 Å². The molecule has 3 rings (SSSR count). The first-order chi connectivity index (χ1) is 13.1. The van der Waals surface area contributed by atoms with Crippen molar-refractivity contribution in [3.63, 3.8) is 0 Å². The van der Waals surface area contributed by atoms with E-state index in [0.717, 1.165) is 18.4 Å². The smallest absolute Gasteiger partial charge is 0.229 e. The molecule has 0 unspecified atom stereocenters. The molecule has 0 atom stereocenters. The third kappa shape index (κ3) is 4.61. The first-order valence-corrected chi connectivity index (χ1v) is 9.89. The standard InChI is InChI=1S/C19H15F3N2O3S/c1-11-7-12(10-23-19(11)22)15-9-14(24-28(2,25)26)4-6-17(15)27-18-5-3-13(20)8-16(18)21/h3-10,24H,1-2H3. The van der Waals surface area contributed by atoms with Crippen LogP contribution in [-0.4, -0.2) is 19.7 Å². The van der Waals surface area contributed by atoms with Crippen molar-refractivity contribution in [3.05, 3.63) is 71.8 Å². The van der Waals surface area contributed by atoms with Crippen LogP contribution in [0.1, 0.15) is 5.56 Å². The second-order valence-electron chi connectivity index (χ2n) is 6.09. The Kier molecular flexibility index (Phi) is 5.28. The van der Waals surface area contributed by atoms with Crippen LogP contribution in [0.4, 0.5) is 18.9 Å². The fraction of sp³-hybridized carbons (Fsp3) is 0.105. The number of nitrogens with zero attached hydrogens (tertiary/aromatic N) is 1. The molecule has 5 nitrogen and oxygen atoms in total. The fourth-order valence-electron chi connectivity index (χ4n) is 2.50. The van der Waals surface area contributed by atoms with Crippen LogP contribution in [-0.2, 0) is 10.0 Å². The maximum Gasteiger partial charge on any atom is 0.229 e. The van der Waals surface area contributed by atoms with Crippen molar-refractivity contribution in [2.24, 2.45) is 0 Å². The summed E-state index contributed by atoms with van der Waals surface area (Å²) < 4.78 is 71.5. The van der Waals surface area contributed by atoms with Crippen molar-refractivity contribution in [2.75, 3.05) is 11.0 Å². The third-order valence-corrected chi connectivity index (χ3v) is 4.33. The minimum atomic E-state index is -3.54. The van der Waals surface area contributed by atoms with Crippen LogP contribution < -0.4 is 9.46 Å². The van der Waals surface area contributed by atoms with Gasteiger partial charge in [0, 0.05) is 34.6 Å². The zero-order valence-corrected chi connectivity index (χ0v) is 15.6. The number of ether oxygens (including phenoxy) is 1. The van der Waals surface area contributed by atoms with Gasteiger partial charge >= 0.3 is 0 Å². The average molecular weight is 408 g/mol. The molecule has 146 valence electrons. The van der Waals surface area contributed by atoms with E-state index in [1.54, 1.807) is 0 Å². The molecule has 0 bridgehead atoms. The summed E-state index contributed by atoms with van der Waals surface area (Å²) >= 11 is 0. The van der Waals surface area contributed by atoms with Crippen molar-refractivity contribution in [1.29, 1.82) is 0 Å². The first kappa shape index (κ1) is 19.7. The molecular formula is C19H15F3N2O3S.